The first kappa shape index (κ1) is 13.1. The monoisotopic (exact) mass is 278 g/mol. The van der Waals surface area contributed by atoms with Crippen molar-refractivity contribution in [2.45, 2.75) is 6.92 Å². The Hall–Kier alpha value is -2.88. The van der Waals surface area contributed by atoms with Gasteiger partial charge in [-0.3, -0.25) is 0 Å². The zero-order chi connectivity index (χ0) is 14.8. The first-order valence-electron chi connectivity index (χ1n) is 6.60. The highest BCUT2D eigenvalue weighted by Gasteiger charge is 2.12. The Morgan fingerprint density at radius 3 is 2.19 bits per heavy atom. The number of carboxylic acid groups (broad SMARTS) is 1. The molecular weight excluding hydrogens is 264 g/mol. The van der Waals surface area contributed by atoms with Crippen LogP contribution in [-0.2, 0) is 0 Å². The van der Waals surface area contributed by atoms with E-state index in [0.717, 1.165) is 16.8 Å². The summed E-state index contributed by atoms with van der Waals surface area (Å²) in [7, 11) is 0. The van der Waals surface area contributed by atoms with Gasteiger partial charge in [0.05, 0.1) is 5.69 Å². The van der Waals surface area contributed by atoms with Gasteiger partial charge in [0.1, 0.15) is 0 Å². The van der Waals surface area contributed by atoms with E-state index < -0.39 is 5.97 Å². The number of hydrogen-bond acceptors (Lipinski definition) is 2. The Morgan fingerprint density at radius 1 is 1.00 bits per heavy atom. The summed E-state index contributed by atoms with van der Waals surface area (Å²) >= 11 is 0. The van der Waals surface area contributed by atoms with Crippen molar-refractivity contribution < 1.29 is 9.90 Å². The molecule has 4 nitrogen and oxygen atoms in total. The molecule has 3 rings (SSSR count). The van der Waals surface area contributed by atoms with Gasteiger partial charge in [0.2, 0.25) is 0 Å². The maximum Gasteiger partial charge on any atom is 0.356 e. The SMILES string of the molecule is Cc1cn(-c2ccc(-c3ccccc3)cc2)nc1C(=O)O. The van der Waals surface area contributed by atoms with Gasteiger partial charge in [0.15, 0.2) is 5.69 Å². The van der Waals surface area contributed by atoms with E-state index in [1.807, 2.05) is 42.5 Å². The van der Waals surface area contributed by atoms with Crippen LogP contribution < -0.4 is 0 Å². The third-order valence-electron chi connectivity index (χ3n) is 3.34. The molecule has 0 amide bonds. The molecule has 0 atom stereocenters. The van der Waals surface area contributed by atoms with Crippen LogP contribution >= 0.6 is 0 Å². The molecule has 0 bridgehead atoms. The maximum absolute atomic E-state index is 11.0. The quantitative estimate of drug-likeness (QED) is 0.797. The number of aryl methyl sites for hydroxylation is 1. The van der Waals surface area contributed by atoms with Crippen molar-refractivity contribution in [1.82, 2.24) is 9.78 Å². The summed E-state index contributed by atoms with van der Waals surface area (Å²) in [6.07, 6.45) is 1.72. The normalized spacial score (nSPS) is 10.5. The van der Waals surface area contributed by atoms with Crippen LogP contribution in [0.15, 0.2) is 60.8 Å². The molecule has 0 unspecified atom stereocenters. The molecule has 2 aromatic carbocycles. The first-order valence-corrected chi connectivity index (χ1v) is 6.60. The molecule has 1 aromatic heterocycles. The minimum Gasteiger partial charge on any atom is -0.476 e. The fourth-order valence-electron chi connectivity index (χ4n) is 2.24. The maximum atomic E-state index is 11.0. The lowest BCUT2D eigenvalue weighted by molar-refractivity contribution is 0.0689. The zero-order valence-electron chi connectivity index (χ0n) is 11.5. The van der Waals surface area contributed by atoms with Crippen molar-refractivity contribution >= 4 is 5.97 Å². The number of hydrogen-bond donors (Lipinski definition) is 1. The largest absolute Gasteiger partial charge is 0.476 e. The zero-order valence-corrected chi connectivity index (χ0v) is 11.5. The molecule has 21 heavy (non-hydrogen) atoms. The Morgan fingerprint density at radius 2 is 1.62 bits per heavy atom. The van der Waals surface area contributed by atoms with Crippen LogP contribution in [0.3, 0.4) is 0 Å². The Balaban J connectivity index is 1.94. The number of carbonyl (C=O) groups is 1. The van der Waals surface area contributed by atoms with E-state index in [1.165, 1.54) is 0 Å². The summed E-state index contributed by atoms with van der Waals surface area (Å²) in [6, 6.07) is 18.0. The van der Waals surface area contributed by atoms with Gasteiger partial charge in [-0.15, -0.1) is 0 Å². The number of carboxylic acids is 1. The van der Waals surface area contributed by atoms with Crippen molar-refractivity contribution in [2.24, 2.45) is 0 Å². The molecule has 0 aliphatic rings. The van der Waals surface area contributed by atoms with Crippen LogP contribution in [0.5, 0.6) is 0 Å². The second-order valence-electron chi connectivity index (χ2n) is 4.82. The van der Waals surface area contributed by atoms with Gasteiger partial charge in [-0.05, 0) is 30.2 Å². The number of benzene rings is 2. The van der Waals surface area contributed by atoms with Gasteiger partial charge in [-0.25, -0.2) is 9.48 Å². The minimum absolute atomic E-state index is 0.0853. The molecule has 0 aliphatic heterocycles. The molecule has 0 spiro atoms. The lowest BCUT2D eigenvalue weighted by Crippen LogP contribution is -2.01. The third-order valence-corrected chi connectivity index (χ3v) is 3.34. The summed E-state index contributed by atoms with van der Waals surface area (Å²) in [5.41, 5.74) is 3.83. The van der Waals surface area contributed by atoms with Gasteiger partial charge in [0.25, 0.3) is 0 Å². The molecule has 0 radical (unpaired) electrons. The predicted octanol–water partition coefficient (Wildman–Crippen LogP) is 3.55. The highest BCUT2D eigenvalue weighted by Crippen LogP contribution is 2.21. The molecular formula is C17H14N2O2. The molecule has 104 valence electrons. The van der Waals surface area contributed by atoms with Crippen LogP contribution in [0.25, 0.3) is 16.8 Å². The number of nitrogens with zero attached hydrogens (tertiary/aromatic N) is 2. The molecule has 0 saturated heterocycles. The molecule has 1 heterocycles. The van der Waals surface area contributed by atoms with E-state index in [2.05, 4.69) is 17.2 Å². The summed E-state index contributed by atoms with van der Waals surface area (Å²) < 4.78 is 1.59. The average Bonchev–Trinajstić information content (AvgIpc) is 2.90. The summed E-state index contributed by atoms with van der Waals surface area (Å²) in [4.78, 5) is 11.0. The summed E-state index contributed by atoms with van der Waals surface area (Å²) in [5.74, 6) is -1.01. The van der Waals surface area contributed by atoms with Crippen LogP contribution in [0.1, 0.15) is 16.1 Å². The fourth-order valence-corrected chi connectivity index (χ4v) is 2.24. The number of aromatic nitrogens is 2. The Kier molecular flexibility index (Phi) is 3.28. The van der Waals surface area contributed by atoms with Crippen LogP contribution in [-0.4, -0.2) is 20.9 Å². The highest BCUT2D eigenvalue weighted by molar-refractivity contribution is 5.86. The van der Waals surface area contributed by atoms with Crippen molar-refractivity contribution in [2.75, 3.05) is 0 Å². The van der Waals surface area contributed by atoms with E-state index in [0.29, 0.717) is 5.56 Å². The lowest BCUT2D eigenvalue weighted by atomic mass is 10.1. The second-order valence-corrected chi connectivity index (χ2v) is 4.82. The van der Waals surface area contributed by atoms with Crippen molar-refractivity contribution in [3.05, 3.63) is 72.1 Å². The topological polar surface area (TPSA) is 55.1 Å². The van der Waals surface area contributed by atoms with E-state index >= 15 is 0 Å². The Bertz CT molecular complexity index is 774. The first-order chi connectivity index (χ1) is 10.1. The Labute approximate surface area is 122 Å². The van der Waals surface area contributed by atoms with Gasteiger partial charge in [0, 0.05) is 11.8 Å². The predicted molar refractivity (Wildman–Crippen MR) is 80.7 cm³/mol. The van der Waals surface area contributed by atoms with E-state index in [1.54, 1.807) is 17.8 Å². The van der Waals surface area contributed by atoms with Gasteiger partial charge in [-0.2, -0.15) is 5.10 Å². The van der Waals surface area contributed by atoms with Crippen molar-refractivity contribution in [3.8, 4) is 16.8 Å². The van der Waals surface area contributed by atoms with Crippen LogP contribution in [0.4, 0.5) is 0 Å². The molecule has 0 fully saturated rings. The molecule has 0 aliphatic carbocycles. The van der Waals surface area contributed by atoms with E-state index in [4.69, 9.17) is 5.11 Å². The molecule has 1 N–H and O–H groups in total. The second kappa shape index (κ2) is 5.25. The number of aromatic carboxylic acids is 1. The van der Waals surface area contributed by atoms with Crippen LogP contribution in [0.2, 0.25) is 0 Å². The number of rotatable bonds is 3. The fraction of sp³-hybridized carbons (Fsp3) is 0.0588. The third kappa shape index (κ3) is 2.56. The van der Waals surface area contributed by atoms with E-state index in [9.17, 15) is 4.79 Å². The highest BCUT2D eigenvalue weighted by atomic mass is 16.4. The molecule has 3 aromatic rings. The van der Waals surface area contributed by atoms with Crippen molar-refractivity contribution in [1.29, 1.82) is 0 Å². The van der Waals surface area contributed by atoms with Gasteiger partial charge >= 0.3 is 5.97 Å². The standard InChI is InChI=1S/C17H14N2O2/c1-12-11-19(18-16(12)17(20)21)15-9-7-14(8-10-15)13-5-3-2-4-6-13/h2-11H,1H3,(H,20,21). The lowest BCUT2D eigenvalue weighted by Gasteiger charge is -2.04. The van der Waals surface area contributed by atoms with Gasteiger partial charge in [-0.1, -0.05) is 42.5 Å². The smallest absolute Gasteiger partial charge is 0.356 e. The minimum atomic E-state index is -1.01. The summed E-state index contributed by atoms with van der Waals surface area (Å²) in [6.45, 7) is 1.74. The molecule has 4 heteroatoms. The van der Waals surface area contributed by atoms with Gasteiger partial charge < -0.3 is 5.11 Å². The average molecular weight is 278 g/mol. The van der Waals surface area contributed by atoms with Crippen LogP contribution in [0, 0.1) is 6.92 Å². The molecule has 0 saturated carbocycles. The summed E-state index contributed by atoms with van der Waals surface area (Å²) in [5, 5.41) is 13.1. The van der Waals surface area contributed by atoms with Crippen molar-refractivity contribution in [3.63, 3.8) is 0 Å². The van der Waals surface area contributed by atoms with E-state index in [-0.39, 0.29) is 5.69 Å².